The van der Waals surface area contributed by atoms with Gasteiger partial charge in [-0.1, -0.05) is 62.2 Å². The van der Waals surface area contributed by atoms with Gasteiger partial charge in [-0.2, -0.15) is 5.26 Å². The summed E-state index contributed by atoms with van der Waals surface area (Å²) in [7, 11) is 0. The Morgan fingerprint density at radius 1 is 1.00 bits per heavy atom. The number of carbonyl (C=O) groups excluding carboxylic acids is 1. The van der Waals surface area contributed by atoms with Crippen LogP contribution in [0.1, 0.15) is 58.9 Å². The zero-order valence-electron chi connectivity index (χ0n) is 17.3. The fourth-order valence-corrected chi connectivity index (χ4v) is 3.19. The number of nitrogens with zero attached hydrogens (tertiary/aromatic N) is 1. The second kappa shape index (κ2) is 7.80. The van der Waals surface area contributed by atoms with Crippen LogP contribution in [0.3, 0.4) is 0 Å². The second-order valence-electron chi connectivity index (χ2n) is 8.19. The molecule has 0 saturated heterocycles. The third kappa shape index (κ3) is 4.65. The molecule has 3 heteroatoms. The van der Waals surface area contributed by atoms with Gasteiger partial charge < -0.3 is 5.32 Å². The van der Waals surface area contributed by atoms with Crippen molar-refractivity contribution in [1.29, 1.82) is 5.26 Å². The van der Waals surface area contributed by atoms with Gasteiger partial charge in [0.1, 0.15) is 6.07 Å². The number of allylic oxidation sites excluding steroid dienone is 2. The van der Waals surface area contributed by atoms with Crippen LogP contribution in [-0.4, -0.2) is 5.91 Å². The van der Waals surface area contributed by atoms with Gasteiger partial charge in [0.05, 0.1) is 5.57 Å². The Kier molecular flexibility index (Phi) is 5.91. The average molecular weight is 361 g/mol. The Bertz CT molecular complexity index is 933. The summed E-state index contributed by atoms with van der Waals surface area (Å²) in [5, 5.41) is 13.0. The Labute approximate surface area is 162 Å². The first kappa shape index (κ1) is 20.5. The topological polar surface area (TPSA) is 52.9 Å². The zero-order chi connectivity index (χ0) is 20.4. The van der Waals surface area contributed by atoms with Crippen LogP contribution < -0.4 is 5.32 Å². The zero-order valence-corrected chi connectivity index (χ0v) is 17.3. The molecule has 2 aromatic carbocycles. The molecule has 0 saturated carbocycles. The molecule has 0 radical (unpaired) electrons. The van der Waals surface area contributed by atoms with E-state index in [9.17, 15) is 10.1 Å². The predicted octanol–water partition coefficient (Wildman–Crippen LogP) is 5.63. The first-order valence-corrected chi connectivity index (χ1v) is 9.15. The van der Waals surface area contributed by atoms with E-state index in [0.717, 1.165) is 27.8 Å². The molecule has 0 bridgehead atoms. The normalized spacial score (nSPS) is 12.2. The maximum atomic E-state index is 13.0. The van der Waals surface area contributed by atoms with Crippen molar-refractivity contribution in [3.63, 3.8) is 0 Å². The molecule has 2 aromatic rings. The van der Waals surface area contributed by atoms with Crippen molar-refractivity contribution in [1.82, 2.24) is 5.32 Å². The molecule has 0 unspecified atom stereocenters. The summed E-state index contributed by atoms with van der Waals surface area (Å²) in [5.41, 5.74) is 6.42. The van der Waals surface area contributed by atoms with Crippen molar-refractivity contribution < 1.29 is 4.79 Å². The van der Waals surface area contributed by atoms with Crippen molar-refractivity contribution in [3.05, 3.63) is 75.5 Å². The number of nitrogens with one attached hydrogen (secondary N) is 1. The first-order chi connectivity index (χ1) is 12.5. The second-order valence-corrected chi connectivity index (χ2v) is 8.19. The van der Waals surface area contributed by atoms with Crippen LogP contribution in [0.25, 0.3) is 5.57 Å². The molecule has 2 rings (SSSR count). The molecule has 0 aliphatic rings. The van der Waals surface area contributed by atoms with Crippen LogP contribution in [-0.2, 0) is 0 Å². The molecule has 140 valence electrons. The van der Waals surface area contributed by atoms with Gasteiger partial charge in [-0.3, -0.25) is 4.79 Å². The van der Waals surface area contributed by atoms with E-state index in [1.165, 1.54) is 0 Å². The van der Waals surface area contributed by atoms with Crippen LogP contribution in [0.5, 0.6) is 0 Å². The molecular weight excluding hydrogens is 332 g/mol. The van der Waals surface area contributed by atoms with Crippen LogP contribution in [0.4, 0.5) is 0 Å². The number of amides is 1. The molecule has 0 heterocycles. The van der Waals surface area contributed by atoms with E-state index in [0.29, 0.717) is 16.8 Å². The van der Waals surface area contributed by atoms with E-state index in [-0.39, 0.29) is 5.91 Å². The molecule has 0 spiro atoms. The maximum Gasteiger partial charge on any atom is 0.255 e. The maximum absolute atomic E-state index is 13.0. The number of aryl methyl sites for hydroxylation is 3. The molecule has 0 aliphatic heterocycles. The molecule has 1 amide bonds. The number of carbonyl (C=O) groups is 1. The van der Waals surface area contributed by atoms with Gasteiger partial charge in [0.25, 0.3) is 5.91 Å². The molecule has 1 N–H and O–H groups in total. The lowest BCUT2D eigenvalue weighted by atomic mass is 9.85. The third-order valence-corrected chi connectivity index (χ3v) is 4.71. The molecule has 3 nitrogen and oxygen atoms in total. The lowest BCUT2D eigenvalue weighted by molar-refractivity contribution is 0.0957. The fraction of sp³-hybridized carbons (Fsp3) is 0.333. The van der Waals surface area contributed by atoms with Crippen LogP contribution >= 0.6 is 0 Å². The van der Waals surface area contributed by atoms with E-state index in [1.54, 1.807) is 0 Å². The van der Waals surface area contributed by atoms with Crippen molar-refractivity contribution in [2.75, 3.05) is 0 Å². The Balaban J connectivity index is 2.60. The highest BCUT2D eigenvalue weighted by atomic mass is 16.1. The minimum Gasteiger partial charge on any atom is -0.324 e. The van der Waals surface area contributed by atoms with E-state index >= 15 is 0 Å². The largest absolute Gasteiger partial charge is 0.324 e. The van der Waals surface area contributed by atoms with Gasteiger partial charge in [-0.25, -0.2) is 0 Å². The molecule has 27 heavy (non-hydrogen) atoms. The van der Waals surface area contributed by atoms with Crippen molar-refractivity contribution in [2.24, 2.45) is 5.41 Å². The summed E-state index contributed by atoms with van der Waals surface area (Å²) in [4.78, 5) is 13.0. The van der Waals surface area contributed by atoms with Crippen LogP contribution in [0.2, 0.25) is 0 Å². The van der Waals surface area contributed by atoms with E-state index in [4.69, 9.17) is 0 Å². The summed E-state index contributed by atoms with van der Waals surface area (Å²) in [6.07, 6.45) is 0. The molecule has 0 atom stereocenters. The van der Waals surface area contributed by atoms with Crippen LogP contribution in [0, 0.1) is 44.4 Å². The summed E-state index contributed by atoms with van der Waals surface area (Å²) < 4.78 is 0. The molecule has 0 fully saturated rings. The lowest BCUT2D eigenvalue weighted by Gasteiger charge is -2.26. The Morgan fingerprint density at radius 2 is 1.59 bits per heavy atom. The van der Waals surface area contributed by atoms with Crippen molar-refractivity contribution in [3.8, 4) is 6.07 Å². The molecule has 0 aliphatic carbocycles. The number of rotatable bonds is 3. The van der Waals surface area contributed by atoms with Crippen LogP contribution in [0.15, 0.2) is 42.1 Å². The number of hydrogen-bond donors (Lipinski definition) is 1. The SMILES string of the molecule is Cc1cc(C)cc(/C(C#N)=C(\NC(=O)c2cccc(C)c2C)C(C)(C)C)c1. The Morgan fingerprint density at radius 3 is 2.11 bits per heavy atom. The smallest absolute Gasteiger partial charge is 0.255 e. The Hall–Kier alpha value is -2.86. The van der Waals surface area contributed by atoms with E-state index in [1.807, 2.05) is 78.8 Å². The third-order valence-electron chi connectivity index (χ3n) is 4.71. The summed E-state index contributed by atoms with van der Waals surface area (Å²) in [5.74, 6) is -0.182. The minimum atomic E-state index is -0.393. The number of benzene rings is 2. The standard InChI is InChI=1S/C24H28N2O/c1-15-11-16(2)13-19(12-15)21(14-25)22(24(5,6)7)26-23(27)20-10-8-9-17(3)18(20)4/h8-13H,1-7H3,(H,26,27)/b22-21-. The highest BCUT2D eigenvalue weighted by Crippen LogP contribution is 2.31. The first-order valence-electron chi connectivity index (χ1n) is 9.15. The van der Waals surface area contributed by atoms with E-state index in [2.05, 4.69) is 17.5 Å². The number of nitriles is 1. The predicted molar refractivity (Wildman–Crippen MR) is 111 cm³/mol. The molecular formula is C24H28N2O. The van der Waals surface area contributed by atoms with E-state index < -0.39 is 5.41 Å². The lowest BCUT2D eigenvalue weighted by Crippen LogP contribution is -2.31. The number of hydrogen-bond acceptors (Lipinski definition) is 2. The minimum absolute atomic E-state index is 0.182. The van der Waals surface area contributed by atoms with Gasteiger partial charge in [-0.05, 0) is 50.5 Å². The molecule has 0 aromatic heterocycles. The highest BCUT2D eigenvalue weighted by molar-refractivity contribution is 5.98. The summed E-state index contributed by atoms with van der Waals surface area (Å²) in [6, 6.07) is 14.1. The van der Waals surface area contributed by atoms with Crippen molar-refractivity contribution in [2.45, 2.75) is 48.5 Å². The highest BCUT2D eigenvalue weighted by Gasteiger charge is 2.25. The van der Waals surface area contributed by atoms with Gasteiger partial charge in [0, 0.05) is 16.7 Å². The van der Waals surface area contributed by atoms with Gasteiger partial charge in [-0.15, -0.1) is 0 Å². The monoisotopic (exact) mass is 360 g/mol. The van der Waals surface area contributed by atoms with Crippen molar-refractivity contribution >= 4 is 11.5 Å². The summed E-state index contributed by atoms with van der Waals surface area (Å²) in [6.45, 7) is 14.0. The van der Waals surface area contributed by atoms with Gasteiger partial charge in [0.15, 0.2) is 0 Å². The van der Waals surface area contributed by atoms with Gasteiger partial charge >= 0.3 is 0 Å². The average Bonchev–Trinajstić information content (AvgIpc) is 2.55. The quantitative estimate of drug-likeness (QED) is 0.721. The summed E-state index contributed by atoms with van der Waals surface area (Å²) >= 11 is 0. The van der Waals surface area contributed by atoms with Gasteiger partial charge in [0.2, 0.25) is 0 Å². The fourth-order valence-electron chi connectivity index (χ4n) is 3.19.